The van der Waals surface area contributed by atoms with E-state index in [0.29, 0.717) is 6.04 Å². The van der Waals surface area contributed by atoms with Crippen molar-refractivity contribution < 1.29 is 9.50 Å². The number of hydrogen-bond acceptors (Lipinski definition) is 2. The number of piperidine rings is 2. The smallest absolute Gasteiger partial charge is 0.123 e. The van der Waals surface area contributed by atoms with Gasteiger partial charge in [0.2, 0.25) is 0 Å². The predicted octanol–water partition coefficient (Wildman–Crippen LogP) is 2.95. The van der Waals surface area contributed by atoms with E-state index in [1.54, 1.807) is 0 Å². The molecular weight excluding hydrogens is 253 g/mol. The van der Waals surface area contributed by atoms with E-state index < -0.39 is 5.72 Å². The topological polar surface area (TPSA) is 23.5 Å². The average molecular weight is 275 g/mol. The van der Waals surface area contributed by atoms with Gasteiger partial charge in [0.25, 0.3) is 0 Å². The molecule has 2 saturated carbocycles. The Hall–Kier alpha value is -0.930. The second-order valence-corrected chi connectivity index (χ2v) is 7.05. The van der Waals surface area contributed by atoms with Crippen molar-refractivity contribution >= 4 is 0 Å². The SMILES string of the molecule is OC12CC3CC(CC(C3)N1CCc1ccc(F)cc1)C2. The highest BCUT2D eigenvalue weighted by atomic mass is 19.1. The van der Waals surface area contributed by atoms with Crippen molar-refractivity contribution in [2.75, 3.05) is 6.54 Å². The zero-order valence-electron chi connectivity index (χ0n) is 11.8. The largest absolute Gasteiger partial charge is 0.376 e. The molecule has 0 aromatic heterocycles. The van der Waals surface area contributed by atoms with E-state index in [4.69, 9.17) is 0 Å². The van der Waals surface area contributed by atoms with E-state index in [-0.39, 0.29) is 5.82 Å². The molecule has 2 saturated heterocycles. The predicted molar refractivity (Wildman–Crippen MR) is 75.6 cm³/mol. The molecule has 4 fully saturated rings. The van der Waals surface area contributed by atoms with Crippen molar-refractivity contribution in [1.82, 2.24) is 4.90 Å². The summed E-state index contributed by atoms with van der Waals surface area (Å²) >= 11 is 0. The van der Waals surface area contributed by atoms with Gasteiger partial charge in [-0.25, -0.2) is 4.39 Å². The van der Waals surface area contributed by atoms with Crippen LogP contribution in [0.5, 0.6) is 0 Å². The Labute approximate surface area is 119 Å². The van der Waals surface area contributed by atoms with Gasteiger partial charge in [-0.1, -0.05) is 12.1 Å². The molecule has 2 heterocycles. The third-order valence-electron chi connectivity index (χ3n) is 5.64. The summed E-state index contributed by atoms with van der Waals surface area (Å²) in [6.07, 6.45) is 6.69. The molecule has 3 heteroatoms. The van der Waals surface area contributed by atoms with Crippen molar-refractivity contribution in [2.24, 2.45) is 11.8 Å². The van der Waals surface area contributed by atoms with Crippen LogP contribution in [0.25, 0.3) is 0 Å². The lowest BCUT2D eigenvalue weighted by atomic mass is 9.62. The van der Waals surface area contributed by atoms with Crippen LogP contribution in [-0.2, 0) is 6.42 Å². The van der Waals surface area contributed by atoms with E-state index in [1.807, 2.05) is 12.1 Å². The first-order valence-electron chi connectivity index (χ1n) is 7.86. The van der Waals surface area contributed by atoms with Gasteiger partial charge in [-0.15, -0.1) is 0 Å². The minimum atomic E-state index is -0.547. The summed E-state index contributed by atoms with van der Waals surface area (Å²) in [5.74, 6) is 1.32. The second-order valence-electron chi connectivity index (χ2n) is 7.05. The molecule has 2 aliphatic heterocycles. The second kappa shape index (κ2) is 4.54. The Morgan fingerprint density at radius 3 is 2.35 bits per heavy atom. The van der Waals surface area contributed by atoms with Gasteiger partial charge in [-0.2, -0.15) is 0 Å². The third-order valence-corrected chi connectivity index (χ3v) is 5.64. The summed E-state index contributed by atoms with van der Waals surface area (Å²) in [4.78, 5) is 2.35. The Kier molecular flexibility index (Phi) is 2.90. The van der Waals surface area contributed by atoms with Crippen LogP contribution in [0.1, 0.15) is 37.7 Å². The van der Waals surface area contributed by atoms with Crippen LogP contribution >= 0.6 is 0 Å². The monoisotopic (exact) mass is 275 g/mol. The fraction of sp³-hybridized carbons (Fsp3) is 0.647. The standard InChI is InChI=1S/C17H22FNO/c18-15-3-1-12(2-4-15)5-6-19-16-8-13-7-14(9-16)11-17(19,20)10-13/h1-4,13-14,16,20H,5-11H2. The molecule has 2 nitrogen and oxygen atoms in total. The van der Waals surface area contributed by atoms with Gasteiger partial charge in [0.1, 0.15) is 11.5 Å². The molecule has 0 radical (unpaired) electrons. The van der Waals surface area contributed by atoms with Crippen LogP contribution in [0.2, 0.25) is 0 Å². The molecule has 5 rings (SSSR count). The van der Waals surface area contributed by atoms with Gasteiger partial charge >= 0.3 is 0 Å². The van der Waals surface area contributed by atoms with Crippen molar-refractivity contribution in [3.63, 3.8) is 0 Å². The maximum atomic E-state index is 12.9. The van der Waals surface area contributed by atoms with E-state index in [0.717, 1.165) is 43.2 Å². The lowest BCUT2D eigenvalue weighted by molar-refractivity contribution is -0.231. The highest BCUT2D eigenvalue weighted by Gasteiger charge is 2.54. The summed E-state index contributed by atoms with van der Waals surface area (Å²) in [5, 5.41) is 11.0. The van der Waals surface area contributed by atoms with Crippen molar-refractivity contribution in [1.29, 1.82) is 0 Å². The summed E-state index contributed by atoms with van der Waals surface area (Å²) in [6, 6.07) is 7.34. The molecule has 1 aromatic rings. The van der Waals surface area contributed by atoms with E-state index >= 15 is 0 Å². The molecule has 108 valence electrons. The number of hydrogen-bond donors (Lipinski definition) is 1. The summed E-state index contributed by atoms with van der Waals surface area (Å²) < 4.78 is 12.9. The molecular formula is C17H22FNO. The minimum Gasteiger partial charge on any atom is -0.376 e. The maximum Gasteiger partial charge on any atom is 0.123 e. The number of benzene rings is 1. The molecule has 2 aliphatic carbocycles. The maximum absolute atomic E-state index is 12.9. The van der Waals surface area contributed by atoms with Crippen molar-refractivity contribution in [3.05, 3.63) is 35.6 Å². The fourth-order valence-electron chi connectivity index (χ4n) is 4.99. The minimum absolute atomic E-state index is 0.178. The highest BCUT2D eigenvalue weighted by Crippen LogP contribution is 2.53. The molecule has 2 unspecified atom stereocenters. The van der Waals surface area contributed by atoms with Gasteiger partial charge in [0.15, 0.2) is 0 Å². The Balaban J connectivity index is 1.47. The van der Waals surface area contributed by atoms with Crippen molar-refractivity contribution in [2.45, 2.75) is 50.3 Å². The summed E-state index contributed by atoms with van der Waals surface area (Å²) in [6.45, 7) is 0.895. The van der Waals surface area contributed by atoms with E-state index in [2.05, 4.69) is 4.90 Å². The molecule has 1 N–H and O–H groups in total. The van der Waals surface area contributed by atoms with Gasteiger partial charge in [0, 0.05) is 12.6 Å². The van der Waals surface area contributed by atoms with Gasteiger partial charge < -0.3 is 5.11 Å². The van der Waals surface area contributed by atoms with Crippen LogP contribution in [-0.4, -0.2) is 28.3 Å². The number of halogens is 1. The van der Waals surface area contributed by atoms with Gasteiger partial charge in [-0.05, 0) is 68.1 Å². The lowest BCUT2D eigenvalue weighted by Gasteiger charge is -2.61. The average Bonchev–Trinajstić information content (AvgIpc) is 2.38. The van der Waals surface area contributed by atoms with E-state index in [9.17, 15) is 9.50 Å². The van der Waals surface area contributed by atoms with E-state index in [1.165, 1.54) is 31.4 Å². The van der Waals surface area contributed by atoms with Gasteiger partial charge in [0.05, 0.1) is 0 Å². The first-order valence-corrected chi connectivity index (χ1v) is 7.86. The quantitative estimate of drug-likeness (QED) is 0.917. The van der Waals surface area contributed by atoms with Crippen LogP contribution in [0.4, 0.5) is 4.39 Å². The van der Waals surface area contributed by atoms with Gasteiger partial charge in [-0.3, -0.25) is 4.90 Å². The Bertz CT molecular complexity index is 486. The Morgan fingerprint density at radius 1 is 1.10 bits per heavy atom. The molecule has 1 aromatic carbocycles. The highest BCUT2D eigenvalue weighted by molar-refractivity contribution is 5.17. The van der Waals surface area contributed by atoms with Crippen LogP contribution < -0.4 is 0 Å². The molecule has 2 atom stereocenters. The number of nitrogens with zero attached hydrogens (tertiary/aromatic N) is 1. The first-order chi connectivity index (χ1) is 9.62. The zero-order chi connectivity index (χ0) is 13.7. The van der Waals surface area contributed by atoms with Crippen LogP contribution in [0, 0.1) is 17.7 Å². The molecule has 0 spiro atoms. The Morgan fingerprint density at radius 2 is 1.75 bits per heavy atom. The first kappa shape index (κ1) is 12.8. The normalized spacial score (nSPS) is 39.4. The molecule has 20 heavy (non-hydrogen) atoms. The van der Waals surface area contributed by atoms with Crippen molar-refractivity contribution in [3.8, 4) is 0 Å². The molecule has 0 amide bonds. The molecule has 4 bridgehead atoms. The van der Waals surface area contributed by atoms with Crippen LogP contribution in [0.15, 0.2) is 24.3 Å². The molecule has 4 aliphatic rings. The third kappa shape index (κ3) is 2.08. The zero-order valence-corrected chi connectivity index (χ0v) is 11.8. The number of rotatable bonds is 3. The summed E-state index contributed by atoms with van der Waals surface area (Å²) in [5.41, 5.74) is 0.609. The lowest BCUT2D eigenvalue weighted by Crippen LogP contribution is -2.66. The number of aliphatic hydroxyl groups is 1. The van der Waals surface area contributed by atoms with Crippen LogP contribution in [0.3, 0.4) is 0 Å². The fourth-order valence-corrected chi connectivity index (χ4v) is 4.99. The summed E-state index contributed by atoms with van der Waals surface area (Å²) in [7, 11) is 0.